The number of pyridine rings is 1. The molecule has 0 bridgehead atoms. The van der Waals surface area contributed by atoms with E-state index in [0.717, 1.165) is 18.7 Å². The zero-order chi connectivity index (χ0) is 22.8. The Balaban J connectivity index is 1.53. The fourth-order valence-corrected chi connectivity index (χ4v) is 3.94. The van der Waals surface area contributed by atoms with Crippen LogP contribution in [0.15, 0.2) is 30.9 Å². The molecule has 1 aliphatic heterocycles. The van der Waals surface area contributed by atoms with Gasteiger partial charge in [0, 0.05) is 30.1 Å². The number of ether oxygens (including phenoxy) is 2. The maximum Gasteiger partial charge on any atom is 0.318 e. The van der Waals surface area contributed by atoms with Crippen LogP contribution >= 0.6 is 0 Å². The van der Waals surface area contributed by atoms with Crippen molar-refractivity contribution in [1.29, 1.82) is 0 Å². The monoisotopic (exact) mass is 452 g/mol. The number of rotatable bonds is 7. The van der Waals surface area contributed by atoms with Gasteiger partial charge in [0.2, 0.25) is 0 Å². The van der Waals surface area contributed by atoms with Gasteiger partial charge < -0.3 is 19.4 Å². The van der Waals surface area contributed by atoms with Gasteiger partial charge in [-0.3, -0.25) is 9.67 Å². The SMILES string of the molecule is CCOc1nc(C)c2nc(-c3cncc(F)c3)n(Cc3cnn(CC4COCCN4)c3)c2n1. The van der Waals surface area contributed by atoms with Gasteiger partial charge in [-0.1, -0.05) is 0 Å². The smallest absolute Gasteiger partial charge is 0.318 e. The van der Waals surface area contributed by atoms with Gasteiger partial charge in [-0.2, -0.15) is 15.1 Å². The highest BCUT2D eigenvalue weighted by Gasteiger charge is 2.20. The number of imidazole rings is 1. The molecule has 1 N–H and O–H groups in total. The molecule has 33 heavy (non-hydrogen) atoms. The Morgan fingerprint density at radius 3 is 2.94 bits per heavy atom. The van der Waals surface area contributed by atoms with Crippen LogP contribution < -0.4 is 10.1 Å². The van der Waals surface area contributed by atoms with Crippen molar-refractivity contribution in [2.24, 2.45) is 0 Å². The lowest BCUT2D eigenvalue weighted by molar-refractivity contribution is 0.0702. The molecule has 0 radical (unpaired) electrons. The first-order valence-corrected chi connectivity index (χ1v) is 10.9. The summed E-state index contributed by atoms with van der Waals surface area (Å²) in [5, 5.41) is 7.94. The maximum absolute atomic E-state index is 14.0. The van der Waals surface area contributed by atoms with Crippen molar-refractivity contribution < 1.29 is 13.9 Å². The average molecular weight is 452 g/mol. The Morgan fingerprint density at radius 2 is 2.15 bits per heavy atom. The standard InChI is InChI=1S/C22H25FN8O2/c1-3-33-22-27-14(2)19-21(29-22)31(20(28-19)16-6-17(23)9-24-8-16)11-15-7-26-30(10-15)12-18-13-32-5-4-25-18/h6-10,18,25H,3-5,11-13H2,1-2H3. The van der Waals surface area contributed by atoms with Crippen molar-refractivity contribution in [2.45, 2.75) is 33.0 Å². The minimum atomic E-state index is -0.432. The molecule has 4 aromatic heterocycles. The Labute approximate surface area is 189 Å². The molecule has 11 heteroatoms. The first kappa shape index (κ1) is 21.4. The number of hydrogen-bond acceptors (Lipinski definition) is 8. The minimum Gasteiger partial charge on any atom is -0.464 e. The first-order chi connectivity index (χ1) is 16.1. The molecule has 5 heterocycles. The fourth-order valence-electron chi connectivity index (χ4n) is 3.94. The predicted octanol–water partition coefficient (Wildman–Crippen LogP) is 1.97. The Kier molecular flexibility index (Phi) is 5.97. The van der Waals surface area contributed by atoms with Gasteiger partial charge in [0.25, 0.3) is 0 Å². The second kappa shape index (κ2) is 9.20. The molecular weight excluding hydrogens is 427 g/mol. The highest BCUT2D eigenvalue weighted by molar-refractivity contribution is 5.79. The van der Waals surface area contributed by atoms with Crippen molar-refractivity contribution in [1.82, 2.24) is 39.6 Å². The largest absolute Gasteiger partial charge is 0.464 e. The molecule has 0 aliphatic carbocycles. The van der Waals surface area contributed by atoms with Gasteiger partial charge in [-0.15, -0.1) is 0 Å². The number of fused-ring (bicyclic) bond motifs is 1. The summed E-state index contributed by atoms with van der Waals surface area (Å²) >= 11 is 0. The molecule has 0 saturated carbocycles. The van der Waals surface area contributed by atoms with E-state index in [0.29, 0.717) is 54.5 Å². The van der Waals surface area contributed by atoms with Gasteiger partial charge in [-0.05, 0) is 19.9 Å². The van der Waals surface area contributed by atoms with Gasteiger partial charge in [-0.25, -0.2) is 9.37 Å². The van der Waals surface area contributed by atoms with Crippen LogP contribution in [0, 0.1) is 12.7 Å². The minimum absolute atomic E-state index is 0.221. The van der Waals surface area contributed by atoms with Gasteiger partial charge >= 0.3 is 6.01 Å². The van der Waals surface area contributed by atoms with Crippen molar-refractivity contribution in [3.05, 3.63) is 47.9 Å². The quantitative estimate of drug-likeness (QED) is 0.454. The van der Waals surface area contributed by atoms with Crippen LogP contribution in [-0.4, -0.2) is 66.7 Å². The van der Waals surface area contributed by atoms with Gasteiger partial charge in [0.1, 0.15) is 17.2 Å². The normalized spacial score (nSPS) is 16.4. The summed E-state index contributed by atoms with van der Waals surface area (Å²) < 4.78 is 28.9. The number of aryl methyl sites for hydroxylation is 1. The Bertz CT molecular complexity index is 1260. The second-order valence-corrected chi connectivity index (χ2v) is 7.91. The number of nitrogens with zero attached hydrogens (tertiary/aromatic N) is 7. The lowest BCUT2D eigenvalue weighted by Crippen LogP contribution is -2.43. The first-order valence-electron chi connectivity index (χ1n) is 10.9. The molecule has 4 aromatic rings. The molecular formula is C22H25FN8O2. The van der Waals surface area contributed by atoms with Gasteiger partial charge in [0.15, 0.2) is 5.65 Å². The summed E-state index contributed by atoms with van der Waals surface area (Å²) in [4.78, 5) is 17.7. The number of aromatic nitrogens is 7. The van der Waals surface area contributed by atoms with E-state index in [1.54, 1.807) is 6.20 Å². The molecule has 1 atom stereocenters. The van der Waals surface area contributed by atoms with Crippen LogP contribution in [0.1, 0.15) is 18.2 Å². The van der Waals surface area contributed by atoms with E-state index in [9.17, 15) is 4.39 Å². The zero-order valence-electron chi connectivity index (χ0n) is 18.5. The molecule has 172 valence electrons. The molecule has 1 aliphatic rings. The summed E-state index contributed by atoms with van der Waals surface area (Å²) in [6, 6.07) is 1.92. The van der Waals surface area contributed by atoms with Crippen LogP contribution in [0.3, 0.4) is 0 Å². The third-order valence-corrected chi connectivity index (χ3v) is 5.42. The van der Waals surface area contributed by atoms with Crippen molar-refractivity contribution in [2.75, 3.05) is 26.4 Å². The molecule has 10 nitrogen and oxygen atoms in total. The predicted molar refractivity (Wildman–Crippen MR) is 118 cm³/mol. The zero-order valence-corrected chi connectivity index (χ0v) is 18.5. The lowest BCUT2D eigenvalue weighted by atomic mass is 10.2. The summed E-state index contributed by atoms with van der Waals surface area (Å²) in [7, 11) is 0. The molecule has 1 unspecified atom stereocenters. The van der Waals surface area contributed by atoms with E-state index in [-0.39, 0.29) is 12.1 Å². The van der Waals surface area contributed by atoms with Crippen molar-refractivity contribution in [3.63, 3.8) is 0 Å². The fraction of sp³-hybridized carbons (Fsp3) is 0.409. The highest BCUT2D eigenvalue weighted by atomic mass is 19.1. The average Bonchev–Trinajstić information content (AvgIpc) is 3.40. The number of nitrogens with one attached hydrogen (secondary N) is 1. The number of morpholine rings is 1. The van der Waals surface area contributed by atoms with Crippen LogP contribution in [0.5, 0.6) is 6.01 Å². The molecule has 0 spiro atoms. The molecule has 5 rings (SSSR count). The van der Waals surface area contributed by atoms with E-state index in [2.05, 4.69) is 25.4 Å². The van der Waals surface area contributed by atoms with E-state index in [1.165, 1.54) is 12.3 Å². The second-order valence-electron chi connectivity index (χ2n) is 7.91. The summed E-state index contributed by atoms with van der Waals surface area (Å²) in [5.74, 6) is 0.122. The highest BCUT2D eigenvalue weighted by Crippen LogP contribution is 2.27. The van der Waals surface area contributed by atoms with Crippen LogP contribution in [-0.2, 0) is 17.8 Å². The third kappa shape index (κ3) is 4.55. The summed E-state index contributed by atoms with van der Waals surface area (Å²) in [5.41, 5.74) is 3.45. The van der Waals surface area contributed by atoms with E-state index in [1.807, 2.05) is 35.5 Å². The van der Waals surface area contributed by atoms with Crippen LogP contribution in [0.25, 0.3) is 22.6 Å². The molecule has 1 fully saturated rings. The number of halogens is 1. The molecule has 0 amide bonds. The topological polar surface area (TPSA) is 105 Å². The van der Waals surface area contributed by atoms with Gasteiger partial charge in [0.05, 0.1) is 57.0 Å². The lowest BCUT2D eigenvalue weighted by Gasteiger charge is -2.23. The van der Waals surface area contributed by atoms with E-state index in [4.69, 9.17) is 14.5 Å². The van der Waals surface area contributed by atoms with Crippen LogP contribution in [0.2, 0.25) is 0 Å². The summed E-state index contributed by atoms with van der Waals surface area (Å²) in [6.07, 6.45) is 6.57. The summed E-state index contributed by atoms with van der Waals surface area (Å²) in [6.45, 7) is 7.57. The van der Waals surface area contributed by atoms with Crippen molar-refractivity contribution >= 4 is 11.2 Å². The van der Waals surface area contributed by atoms with Crippen molar-refractivity contribution in [3.8, 4) is 17.4 Å². The Hall–Kier alpha value is -3.44. The Morgan fingerprint density at radius 1 is 1.24 bits per heavy atom. The third-order valence-electron chi connectivity index (χ3n) is 5.42. The number of hydrogen-bond donors (Lipinski definition) is 1. The van der Waals surface area contributed by atoms with E-state index >= 15 is 0 Å². The molecule has 0 aromatic carbocycles. The molecule has 1 saturated heterocycles. The maximum atomic E-state index is 14.0. The van der Waals surface area contributed by atoms with E-state index < -0.39 is 5.82 Å². The van der Waals surface area contributed by atoms with Crippen LogP contribution in [0.4, 0.5) is 4.39 Å².